The lowest BCUT2D eigenvalue weighted by Gasteiger charge is -2.48. The first-order chi connectivity index (χ1) is 11.0. The van der Waals surface area contributed by atoms with E-state index in [1.54, 1.807) is 11.1 Å². The number of rotatable bonds is 0. The number of ether oxygens (including phenoxy) is 1. The molecule has 1 aromatic rings. The van der Waals surface area contributed by atoms with Crippen molar-refractivity contribution in [3.8, 4) is 0 Å². The second-order valence-corrected chi connectivity index (χ2v) is 10.8. The second kappa shape index (κ2) is 3.65. The van der Waals surface area contributed by atoms with Crippen LogP contribution < -0.4 is 0 Å². The number of epoxide rings is 1. The predicted octanol–water partition coefficient (Wildman–Crippen LogP) is 5.65. The van der Waals surface area contributed by atoms with E-state index < -0.39 is 0 Å². The van der Waals surface area contributed by atoms with Crippen LogP contribution in [0, 0.1) is 36.5 Å². The zero-order chi connectivity index (χ0) is 17.5. The third-order valence-corrected chi connectivity index (χ3v) is 9.26. The number of hydrogen-bond acceptors (Lipinski definition) is 1. The highest BCUT2D eigenvalue weighted by atomic mass is 16.6. The van der Waals surface area contributed by atoms with Crippen molar-refractivity contribution in [3.63, 3.8) is 0 Å². The lowest BCUT2D eigenvalue weighted by molar-refractivity contribution is -0.0325. The van der Waals surface area contributed by atoms with Gasteiger partial charge in [0.25, 0.3) is 0 Å². The fourth-order valence-electron chi connectivity index (χ4n) is 8.25. The van der Waals surface area contributed by atoms with Gasteiger partial charge in [0, 0.05) is 11.3 Å². The average molecular weight is 325 g/mol. The third-order valence-electron chi connectivity index (χ3n) is 9.26. The first kappa shape index (κ1) is 15.4. The van der Waals surface area contributed by atoms with Gasteiger partial charge < -0.3 is 4.74 Å². The maximum Gasteiger partial charge on any atom is 0.127 e. The molecule has 5 unspecified atom stereocenters. The molecular formula is C23H32O. The molecule has 4 aliphatic rings. The highest BCUT2D eigenvalue weighted by Crippen LogP contribution is 2.90. The van der Waals surface area contributed by atoms with Crippen molar-refractivity contribution >= 4 is 0 Å². The van der Waals surface area contributed by atoms with E-state index in [0.717, 1.165) is 5.92 Å². The van der Waals surface area contributed by atoms with Gasteiger partial charge in [-0.3, -0.25) is 0 Å². The van der Waals surface area contributed by atoms with E-state index in [1.807, 2.05) is 0 Å². The van der Waals surface area contributed by atoms with Crippen molar-refractivity contribution in [1.82, 2.24) is 0 Å². The Labute approximate surface area is 147 Å². The SMILES string of the molecule is Cc1cc(C)c2c(c1)C13OC1(CC2(C)C)C1(C)C(C)CC3C1(C)C. The van der Waals surface area contributed by atoms with Crippen LogP contribution in [0.5, 0.6) is 0 Å². The standard InChI is InChI=1S/C23H32O/c1-13-9-14(2)18-16(10-13)23-17-11-15(3)21(8,20(17,6)7)22(23,24-23)12-19(18,4)5/h9-10,15,17H,11-12H2,1-8H3. The summed E-state index contributed by atoms with van der Waals surface area (Å²) in [5.41, 5.74) is 6.86. The fraction of sp³-hybridized carbons (Fsp3) is 0.739. The van der Waals surface area contributed by atoms with E-state index in [2.05, 4.69) is 67.5 Å². The monoisotopic (exact) mass is 324 g/mol. The molecule has 130 valence electrons. The van der Waals surface area contributed by atoms with E-state index in [0.29, 0.717) is 11.3 Å². The van der Waals surface area contributed by atoms with Gasteiger partial charge >= 0.3 is 0 Å². The van der Waals surface area contributed by atoms with Gasteiger partial charge in [-0.05, 0) is 60.1 Å². The highest BCUT2D eigenvalue weighted by Gasteiger charge is 2.94. The van der Waals surface area contributed by atoms with Crippen LogP contribution in [0.25, 0.3) is 0 Å². The number of benzene rings is 1. The van der Waals surface area contributed by atoms with Gasteiger partial charge in [-0.25, -0.2) is 0 Å². The summed E-state index contributed by atoms with van der Waals surface area (Å²) < 4.78 is 6.96. The minimum absolute atomic E-state index is 0.000602. The molecule has 1 aromatic carbocycles. The molecule has 0 radical (unpaired) electrons. The summed E-state index contributed by atoms with van der Waals surface area (Å²) in [6.07, 6.45) is 2.50. The first-order valence-electron chi connectivity index (χ1n) is 9.78. The Hall–Kier alpha value is -0.820. The summed E-state index contributed by atoms with van der Waals surface area (Å²) in [4.78, 5) is 0. The highest BCUT2D eigenvalue weighted by molar-refractivity contribution is 5.58. The van der Waals surface area contributed by atoms with E-state index in [4.69, 9.17) is 4.74 Å². The van der Waals surface area contributed by atoms with Crippen LogP contribution in [-0.4, -0.2) is 5.60 Å². The number of fused-ring (bicyclic) bond motifs is 3. The zero-order valence-electron chi connectivity index (χ0n) is 16.6. The molecule has 0 N–H and O–H groups in total. The normalized spacial score (nSPS) is 48.7. The van der Waals surface area contributed by atoms with Crippen LogP contribution in [0.2, 0.25) is 0 Å². The number of hydrogen-bond donors (Lipinski definition) is 0. The Balaban J connectivity index is 1.87. The molecule has 3 aliphatic carbocycles. The lowest BCUT2D eigenvalue weighted by atomic mass is 9.53. The van der Waals surface area contributed by atoms with Crippen LogP contribution in [0.15, 0.2) is 12.1 Å². The summed E-state index contributed by atoms with van der Waals surface area (Å²) in [6.45, 7) is 19.5. The van der Waals surface area contributed by atoms with Crippen LogP contribution in [0.3, 0.4) is 0 Å². The van der Waals surface area contributed by atoms with Crippen molar-refractivity contribution in [2.45, 2.75) is 84.8 Å². The fourth-order valence-corrected chi connectivity index (χ4v) is 8.25. The van der Waals surface area contributed by atoms with E-state index in [9.17, 15) is 0 Å². The number of aryl methyl sites for hydroxylation is 2. The van der Waals surface area contributed by atoms with Crippen LogP contribution in [0.4, 0.5) is 0 Å². The Kier molecular flexibility index (Phi) is 2.35. The summed E-state index contributed by atoms with van der Waals surface area (Å²) in [6, 6.07) is 4.84. The maximum absolute atomic E-state index is 6.96. The molecule has 2 bridgehead atoms. The Morgan fingerprint density at radius 2 is 1.71 bits per heavy atom. The van der Waals surface area contributed by atoms with Gasteiger partial charge in [-0.2, -0.15) is 0 Å². The first-order valence-corrected chi connectivity index (χ1v) is 9.78. The molecule has 5 atom stereocenters. The molecule has 3 fully saturated rings. The molecule has 1 nitrogen and oxygen atoms in total. The van der Waals surface area contributed by atoms with Gasteiger partial charge in [0.1, 0.15) is 11.2 Å². The molecule has 2 saturated carbocycles. The van der Waals surface area contributed by atoms with Gasteiger partial charge in [0.15, 0.2) is 0 Å². The lowest BCUT2D eigenvalue weighted by Crippen LogP contribution is -2.51. The van der Waals surface area contributed by atoms with Gasteiger partial charge in [-0.1, -0.05) is 59.2 Å². The van der Waals surface area contributed by atoms with Crippen molar-refractivity contribution in [2.75, 3.05) is 0 Å². The summed E-state index contributed by atoms with van der Waals surface area (Å²) >= 11 is 0. The molecule has 5 rings (SSSR count). The van der Waals surface area contributed by atoms with Crippen LogP contribution in [-0.2, 0) is 15.8 Å². The molecular weight excluding hydrogens is 292 g/mol. The van der Waals surface area contributed by atoms with Crippen LogP contribution in [0.1, 0.15) is 76.6 Å². The summed E-state index contributed by atoms with van der Waals surface area (Å²) in [5, 5.41) is 0. The second-order valence-electron chi connectivity index (χ2n) is 10.8. The summed E-state index contributed by atoms with van der Waals surface area (Å²) in [7, 11) is 0. The quantitative estimate of drug-likeness (QED) is 0.562. The Bertz CT molecular complexity index is 787. The van der Waals surface area contributed by atoms with E-state index >= 15 is 0 Å². The largest absolute Gasteiger partial charge is 0.356 e. The van der Waals surface area contributed by atoms with Crippen molar-refractivity contribution < 1.29 is 4.74 Å². The van der Waals surface area contributed by atoms with Crippen molar-refractivity contribution in [2.24, 2.45) is 22.7 Å². The molecule has 24 heavy (non-hydrogen) atoms. The zero-order valence-corrected chi connectivity index (χ0v) is 16.6. The average Bonchev–Trinajstić information content (AvgIpc) is 3.04. The van der Waals surface area contributed by atoms with Crippen molar-refractivity contribution in [3.05, 3.63) is 34.4 Å². The minimum Gasteiger partial charge on any atom is -0.356 e. The smallest absolute Gasteiger partial charge is 0.127 e. The molecule has 0 aromatic heterocycles. The van der Waals surface area contributed by atoms with E-state index in [-0.39, 0.29) is 22.0 Å². The predicted molar refractivity (Wildman–Crippen MR) is 98.2 cm³/mol. The Morgan fingerprint density at radius 1 is 1.04 bits per heavy atom. The third kappa shape index (κ3) is 1.16. The van der Waals surface area contributed by atoms with Crippen molar-refractivity contribution in [1.29, 1.82) is 0 Å². The van der Waals surface area contributed by atoms with E-state index in [1.165, 1.54) is 24.0 Å². The molecule has 1 heteroatoms. The van der Waals surface area contributed by atoms with Gasteiger partial charge in [-0.15, -0.1) is 0 Å². The van der Waals surface area contributed by atoms with Gasteiger partial charge in [0.2, 0.25) is 0 Å². The Morgan fingerprint density at radius 3 is 2.38 bits per heavy atom. The molecule has 1 aliphatic heterocycles. The molecule has 0 amide bonds. The molecule has 1 heterocycles. The van der Waals surface area contributed by atoms with Gasteiger partial charge in [0.05, 0.1) is 0 Å². The molecule has 1 saturated heterocycles. The topological polar surface area (TPSA) is 12.5 Å². The maximum atomic E-state index is 6.96. The minimum atomic E-state index is -0.000602. The summed E-state index contributed by atoms with van der Waals surface area (Å²) in [5.74, 6) is 1.40. The molecule has 0 spiro atoms. The van der Waals surface area contributed by atoms with Crippen LogP contribution >= 0.6 is 0 Å².